The van der Waals surface area contributed by atoms with E-state index in [2.05, 4.69) is 20.8 Å². The first kappa shape index (κ1) is 15.9. The molecule has 0 radical (unpaired) electrons. The Morgan fingerprint density at radius 3 is 2.59 bits per heavy atom. The molecule has 0 spiro atoms. The highest BCUT2D eigenvalue weighted by atomic mass is 19.1. The summed E-state index contributed by atoms with van der Waals surface area (Å²) in [5.41, 5.74) is 0.885. The van der Waals surface area contributed by atoms with E-state index in [0.29, 0.717) is 12.4 Å². The molecular formula is C16H19FN4O. The number of anilines is 1. The Kier molecular flexibility index (Phi) is 4.70. The fourth-order valence-electron chi connectivity index (χ4n) is 2.00. The minimum Gasteiger partial charge on any atom is -0.368 e. The molecule has 2 rings (SSSR count). The van der Waals surface area contributed by atoms with E-state index < -0.39 is 0 Å². The Hall–Kier alpha value is -2.50. The van der Waals surface area contributed by atoms with Gasteiger partial charge < -0.3 is 10.6 Å². The van der Waals surface area contributed by atoms with Crippen LogP contribution in [0.2, 0.25) is 0 Å². The van der Waals surface area contributed by atoms with Crippen molar-refractivity contribution in [2.75, 3.05) is 18.9 Å². The first-order valence-corrected chi connectivity index (χ1v) is 6.98. The highest BCUT2D eigenvalue weighted by Crippen LogP contribution is 2.24. The van der Waals surface area contributed by atoms with Gasteiger partial charge in [0.05, 0.1) is 0 Å². The summed E-state index contributed by atoms with van der Waals surface area (Å²) in [6.45, 7) is 4.59. The van der Waals surface area contributed by atoms with E-state index in [9.17, 15) is 9.18 Å². The van der Waals surface area contributed by atoms with Gasteiger partial charge in [-0.3, -0.25) is 4.79 Å². The standard InChI is InChI=1S/C16H19FN4O/c1-16(2,11-5-4-6-12(17)9-11)10-19-14-8-7-13(20-21-14)15(22)18-3/h4-9H,10H2,1-3H3,(H,18,22)(H,19,21). The van der Waals surface area contributed by atoms with Crippen LogP contribution in [0.25, 0.3) is 0 Å². The van der Waals surface area contributed by atoms with Crippen LogP contribution in [0, 0.1) is 5.82 Å². The molecule has 0 bridgehead atoms. The highest BCUT2D eigenvalue weighted by Gasteiger charge is 2.21. The molecule has 0 aliphatic rings. The van der Waals surface area contributed by atoms with E-state index in [1.54, 1.807) is 18.2 Å². The molecule has 1 aromatic heterocycles. The summed E-state index contributed by atoms with van der Waals surface area (Å²) in [5.74, 6) is 0.0385. The van der Waals surface area contributed by atoms with Crippen molar-refractivity contribution >= 4 is 11.7 Å². The number of hydrogen-bond donors (Lipinski definition) is 2. The number of amides is 1. The molecule has 2 aromatic rings. The van der Waals surface area contributed by atoms with Gasteiger partial charge in [0.1, 0.15) is 11.6 Å². The molecule has 0 unspecified atom stereocenters. The number of halogens is 1. The molecule has 22 heavy (non-hydrogen) atoms. The van der Waals surface area contributed by atoms with Gasteiger partial charge in [-0.15, -0.1) is 10.2 Å². The summed E-state index contributed by atoms with van der Waals surface area (Å²) in [5, 5.41) is 13.5. The van der Waals surface area contributed by atoms with Gasteiger partial charge >= 0.3 is 0 Å². The third kappa shape index (κ3) is 3.78. The van der Waals surface area contributed by atoms with Crippen LogP contribution in [0.5, 0.6) is 0 Å². The van der Waals surface area contributed by atoms with E-state index >= 15 is 0 Å². The monoisotopic (exact) mass is 302 g/mol. The smallest absolute Gasteiger partial charge is 0.271 e. The summed E-state index contributed by atoms with van der Waals surface area (Å²) in [7, 11) is 1.54. The largest absolute Gasteiger partial charge is 0.368 e. The molecule has 1 aromatic carbocycles. The number of nitrogens with zero attached hydrogens (tertiary/aromatic N) is 2. The second kappa shape index (κ2) is 6.51. The van der Waals surface area contributed by atoms with Crippen molar-refractivity contribution in [2.45, 2.75) is 19.3 Å². The summed E-state index contributed by atoms with van der Waals surface area (Å²) in [6, 6.07) is 9.84. The minimum absolute atomic E-state index is 0.250. The molecule has 0 saturated heterocycles. The van der Waals surface area contributed by atoms with Crippen LogP contribution >= 0.6 is 0 Å². The van der Waals surface area contributed by atoms with Crippen LogP contribution in [0.1, 0.15) is 29.9 Å². The topological polar surface area (TPSA) is 66.9 Å². The van der Waals surface area contributed by atoms with Crippen molar-refractivity contribution in [1.29, 1.82) is 0 Å². The van der Waals surface area contributed by atoms with Gasteiger partial charge in [0.2, 0.25) is 0 Å². The van der Waals surface area contributed by atoms with Crippen molar-refractivity contribution in [1.82, 2.24) is 15.5 Å². The van der Waals surface area contributed by atoms with E-state index in [-0.39, 0.29) is 22.8 Å². The van der Waals surface area contributed by atoms with E-state index in [4.69, 9.17) is 0 Å². The fraction of sp³-hybridized carbons (Fsp3) is 0.312. The summed E-state index contributed by atoms with van der Waals surface area (Å²) in [4.78, 5) is 11.4. The van der Waals surface area contributed by atoms with Gasteiger partial charge in [-0.2, -0.15) is 0 Å². The molecule has 6 heteroatoms. The summed E-state index contributed by atoms with van der Waals surface area (Å²) >= 11 is 0. The van der Waals surface area contributed by atoms with Crippen molar-refractivity contribution in [2.24, 2.45) is 0 Å². The van der Waals surface area contributed by atoms with E-state index in [1.807, 2.05) is 19.9 Å². The van der Waals surface area contributed by atoms with Gasteiger partial charge in [-0.05, 0) is 29.8 Å². The molecule has 5 nitrogen and oxygen atoms in total. The molecule has 1 heterocycles. The van der Waals surface area contributed by atoms with Gasteiger partial charge in [0, 0.05) is 19.0 Å². The molecule has 0 aliphatic carbocycles. The molecule has 0 atom stereocenters. The number of hydrogen-bond acceptors (Lipinski definition) is 4. The lowest BCUT2D eigenvalue weighted by Crippen LogP contribution is -2.28. The number of aromatic nitrogens is 2. The third-order valence-electron chi connectivity index (χ3n) is 3.44. The van der Waals surface area contributed by atoms with Crippen molar-refractivity contribution in [3.63, 3.8) is 0 Å². The fourth-order valence-corrected chi connectivity index (χ4v) is 2.00. The van der Waals surface area contributed by atoms with Gasteiger partial charge in [-0.25, -0.2) is 4.39 Å². The Bertz CT molecular complexity index is 655. The Balaban J connectivity index is 2.04. The predicted octanol–water partition coefficient (Wildman–Crippen LogP) is 2.37. The summed E-state index contributed by atoms with van der Waals surface area (Å²) in [6.07, 6.45) is 0. The van der Waals surface area contributed by atoms with Crippen LogP contribution in [-0.2, 0) is 5.41 Å². The van der Waals surface area contributed by atoms with Crippen molar-refractivity contribution < 1.29 is 9.18 Å². The highest BCUT2D eigenvalue weighted by molar-refractivity contribution is 5.91. The Morgan fingerprint density at radius 1 is 1.23 bits per heavy atom. The molecule has 0 fully saturated rings. The zero-order chi connectivity index (χ0) is 16.2. The first-order valence-electron chi connectivity index (χ1n) is 6.98. The number of benzene rings is 1. The van der Waals surface area contributed by atoms with E-state index in [0.717, 1.165) is 5.56 Å². The maximum atomic E-state index is 13.3. The number of carbonyl (C=O) groups excluding carboxylic acids is 1. The lowest BCUT2D eigenvalue weighted by Gasteiger charge is -2.25. The molecule has 0 aliphatic heterocycles. The first-order chi connectivity index (χ1) is 10.4. The second-order valence-electron chi connectivity index (χ2n) is 5.63. The maximum absolute atomic E-state index is 13.3. The molecule has 1 amide bonds. The van der Waals surface area contributed by atoms with Gasteiger partial charge in [0.15, 0.2) is 5.69 Å². The van der Waals surface area contributed by atoms with Gasteiger partial charge in [0.25, 0.3) is 5.91 Å². The third-order valence-corrected chi connectivity index (χ3v) is 3.44. The second-order valence-corrected chi connectivity index (χ2v) is 5.63. The van der Waals surface area contributed by atoms with Crippen LogP contribution in [-0.4, -0.2) is 29.7 Å². The maximum Gasteiger partial charge on any atom is 0.271 e. The molecule has 116 valence electrons. The van der Waals surface area contributed by atoms with Crippen LogP contribution in [0.4, 0.5) is 10.2 Å². The van der Waals surface area contributed by atoms with Crippen molar-refractivity contribution in [3.8, 4) is 0 Å². The lowest BCUT2D eigenvalue weighted by molar-refractivity contribution is 0.0957. The number of carbonyl (C=O) groups is 1. The average molecular weight is 302 g/mol. The van der Waals surface area contributed by atoms with Crippen LogP contribution < -0.4 is 10.6 Å². The molecular weight excluding hydrogens is 283 g/mol. The predicted molar refractivity (Wildman–Crippen MR) is 83.3 cm³/mol. The van der Waals surface area contributed by atoms with Gasteiger partial charge in [-0.1, -0.05) is 26.0 Å². The normalized spacial score (nSPS) is 11.1. The number of nitrogens with one attached hydrogen (secondary N) is 2. The van der Waals surface area contributed by atoms with Crippen molar-refractivity contribution in [3.05, 3.63) is 53.5 Å². The van der Waals surface area contributed by atoms with E-state index in [1.165, 1.54) is 19.2 Å². The average Bonchev–Trinajstić information content (AvgIpc) is 2.53. The zero-order valence-corrected chi connectivity index (χ0v) is 12.9. The zero-order valence-electron chi connectivity index (χ0n) is 12.9. The Labute approximate surface area is 129 Å². The minimum atomic E-state index is -0.279. The van der Waals surface area contributed by atoms with Crippen LogP contribution in [0.3, 0.4) is 0 Å². The number of rotatable bonds is 5. The quantitative estimate of drug-likeness (QED) is 0.890. The molecule has 2 N–H and O–H groups in total. The lowest BCUT2D eigenvalue weighted by atomic mass is 9.84. The molecule has 0 saturated carbocycles. The Morgan fingerprint density at radius 2 is 2.00 bits per heavy atom. The summed E-state index contributed by atoms with van der Waals surface area (Å²) < 4.78 is 13.3. The van der Waals surface area contributed by atoms with Crippen LogP contribution in [0.15, 0.2) is 36.4 Å². The SMILES string of the molecule is CNC(=O)c1ccc(NCC(C)(C)c2cccc(F)c2)nn1.